The lowest BCUT2D eigenvalue weighted by molar-refractivity contribution is -0.121. The molecule has 2 N–H and O–H groups in total. The minimum absolute atomic E-state index is 0.0892. The number of amides is 2. The van der Waals surface area contributed by atoms with Gasteiger partial charge in [0.05, 0.1) is 11.9 Å². The highest BCUT2D eigenvalue weighted by Gasteiger charge is 2.23. The van der Waals surface area contributed by atoms with Crippen LogP contribution in [-0.4, -0.2) is 43.8 Å². The van der Waals surface area contributed by atoms with Gasteiger partial charge in [-0.1, -0.05) is 30.3 Å². The van der Waals surface area contributed by atoms with Gasteiger partial charge in [-0.15, -0.1) is 0 Å². The van der Waals surface area contributed by atoms with Gasteiger partial charge in [-0.05, 0) is 69.4 Å². The van der Waals surface area contributed by atoms with Crippen molar-refractivity contribution in [1.82, 2.24) is 24.6 Å². The number of aromatic nitrogens is 4. The van der Waals surface area contributed by atoms with E-state index in [0.717, 1.165) is 35.3 Å². The van der Waals surface area contributed by atoms with E-state index in [0.29, 0.717) is 43.4 Å². The molecule has 202 valence electrons. The molecule has 2 aromatic heterocycles. The first-order valence-electron chi connectivity index (χ1n) is 13.5. The standard InChI is InChI=1S/C30H34N6O3/c1-3-39-21(2)36-19-24(18-31-36)22-9-7-10-23(17-22)29(38)34-30-33-26(11-8-14-28(37)32-25-15-16-25)20-35(30)27-12-5-4-6-13-27/h4-7,9-10,12-13,17-21,25H,3,8,11,14-16H2,1-2H3,(H,32,37)(H,33,34,38). The Bertz CT molecular complexity index is 1420. The number of aryl methyl sites for hydroxylation is 1. The first-order chi connectivity index (χ1) is 19.0. The SMILES string of the molecule is CCOC(C)n1cc(-c2cccc(C(=O)Nc3nc(CCCC(=O)NC4CC4)cn3-c3ccccc3)c2)cn1. The number of rotatable bonds is 12. The van der Waals surface area contributed by atoms with Crippen LogP contribution in [-0.2, 0) is 16.0 Å². The maximum atomic E-state index is 13.3. The molecule has 0 saturated heterocycles. The molecule has 9 nitrogen and oxygen atoms in total. The van der Waals surface area contributed by atoms with Gasteiger partial charge in [0.1, 0.15) is 6.23 Å². The van der Waals surface area contributed by atoms with Crippen molar-refractivity contribution in [2.24, 2.45) is 0 Å². The summed E-state index contributed by atoms with van der Waals surface area (Å²) in [6.45, 7) is 4.49. The molecule has 1 saturated carbocycles. The molecule has 0 bridgehead atoms. The van der Waals surface area contributed by atoms with Crippen molar-refractivity contribution in [3.05, 3.63) is 84.4 Å². The van der Waals surface area contributed by atoms with Crippen LogP contribution in [0.25, 0.3) is 16.8 Å². The summed E-state index contributed by atoms with van der Waals surface area (Å²) < 4.78 is 9.25. The maximum Gasteiger partial charge on any atom is 0.258 e. The van der Waals surface area contributed by atoms with Gasteiger partial charge in [-0.25, -0.2) is 9.67 Å². The molecule has 0 aliphatic heterocycles. The lowest BCUT2D eigenvalue weighted by atomic mass is 10.1. The Kier molecular flexibility index (Phi) is 8.17. The normalized spacial score (nSPS) is 13.7. The summed E-state index contributed by atoms with van der Waals surface area (Å²) in [6, 6.07) is 17.6. The van der Waals surface area contributed by atoms with Crippen LogP contribution in [0.1, 0.15) is 61.8 Å². The van der Waals surface area contributed by atoms with Gasteiger partial charge in [0, 0.05) is 48.3 Å². The second kappa shape index (κ2) is 12.1. The summed E-state index contributed by atoms with van der Waals surface area (Å²) in [5.74, 6) is 0.267. The van der Waals surface area contributed by atoms with E-state index < -0.39 is 0 Å². The Morgan fingerprint density at radius 2 is 1.90 bits per heavy atom. The number of ether oxygens (including phenoxy) is 1. The molecule has 5 rings (SSSR count). The van der Waals surface area contributed by atoms with E-state index >= 15 is 0 Å². The molecular weight excluding hydrogens is 492 g/mol. The van der Waals surface area contributed by atoms with Gasteiger partial charge in [0.25, 0.3) is 5.91 Å². The van der Waals surface area contributed by atoms with Crippen LogP contribution in [0.4, 0.5) is 5.95 Å². The van der Waals surface area contributed by atoms with Crippen molar-refractivity contribution < 1.29 is 14.3 Å². The van der Waals surface area contributed by atoms with Crippen LogP contribution in [0.5, 0.6) is 0 Å². The number of hydrogen-bond donors (Lipinski definition) is 2. The molecular formula is C30H34N6O3. The summed E-state index contributed by atoms with van der Waals surface area (Å²) >= 11 is 0. The minimum Gasteiger partial charge on any atom is -0.357 e. The number of para-hydroxylation sites is 1. The van der Waals surface area contributed by atoms with Gasteiger partial charge < -0.3 is 10.1 Å². The zero-order valence-corrected chi connectivity index (χ0v) is 22.3. The Balaban J connectivity index is 1.31. The fourth-order valence-electron chi connectivity index (χ4n) is 4.40. The van der Waals surface area contributed by atoms with Gasteiger partial charge in [-0.3, -0.25) is 19.5 Å². The van der Waals surface area contributed by atoms with E-state index in [1.165, 1.54) is 0 Å². The monoisotopic (exact) mass is 526 g/mol. The lowest BCUT2D eigenvalue weighted by Crippen LogP contribution is -2.25. The van der Waals surface area contributed by atoms with Crippen LogP contribution >= 0.6 is 0 Å². The molecule has 2 heterocycles. The molecule has 1 atom stereocenters. The third-order valence-electron chi connectivity index (χ3n) is 6.63. The quantitative estimate of drug-likeness (QED) is 0.266. The number of nitrogens with one attached hydrogen (secondary N) is 2. The average molecular weight is 527 g/mol. The highest BCUT2D eigenvalue weighted by atomic mass is 16.5. The van der Waals surface area contributed by atoms with Crippen molar-refractivity contribution in [2.75, 3.05) is 11.9 Å². The van der Waals surface area contributed by atoms with Gasteiger partial charge >= 0.3 is 0 Å². The molecule has 1 aliphatic carbocycles. The zero-order valence-electron chi connectivity index (χ0n) is 22.3. The van der Waals surface area contributed by atoms with E-state index in [9.17, 15) is 9.59 Å². The smallest absolute Gasteiger partial charge is 0.258 e. The Hall–Kier alpha value is -4.24. The molecule has 2 amide bonds. The first-order valence-corrected chi connectivity index (χ1v) is 13.5. The van der Waals surface area contributed by atoms with E-state index in [1.54, 1.807) is 16.9 Å². The zero-order chi connectivity index (χ0) is 27.2. The third-order valence-corrected chi connectivity index (χ3v) is 6.63. The summed E-state index contributed by atoms with van der Waals surface area (Å²) in [4.78, 5) is 30.1. The third kappa shape index (κ3) is 6.80. The van der Waals surface area contributed by atoms with Crippen molar-refractivity contribution in [2.45, 2.75) is 58.2 Å². The fraction of sp³-hybridized carbons (Fsp3) is 0.333. The van der Waals surface area contributed by atoms with Gasteiger partial charge in [0.2, 0.25) is 11.9 Å². The van der Waals surface area contributed by atoms with Crippen LogP contribution in [0.15, 0.2) is 73.2 Å². The molecule has 1 fully saturated rings. The van der Waals surface area contributed by atoms with Crippen molar-refractivity contribution >= 4 is 17.8 Å². The lowest BCUT2D eigenvalue weighted by Gasteiger charge is -2.11. The predicted octanol–water partition coefficient (Wildman–Crippen LogP) is 5.14. The number of imidazole rings is 1. The molecule has 0 spiro atoms. The number of anilines is 1. The average Bonchev–Trinajstić information content (AvgIpc) is 3.45. The highest BCUT2D eigenvalue weighted by molar-refractivity contribution is 6.04. The topological polar surface area (TPSA) is 103 Å². The number of nitrogens with zero attached hydrogens (tertiary/aromatic N) is 4. The minimum atomic E-state index is -0.259. The molecule has 2 aromatic carbocycles. The number of carbonyl (C=O) groups excluding carboxylic acids is 2. The first kappa shape index (κ1) is 26.4. The Labute approximate surface area is 228 Å². The molecule has 9 heteroatoms. The summed E-state index contributed by atoms with van der Waals surface area (Å²) in [5, 5.41) is 10.4. The predicted molar refractivity (Wildman–Crippen MR) is 150 cm³/mol. The molecule has 1 unspecified atom stereocenters. The van der Waals surface area contributed by atoms with Gasteiger partial charge in [-0.2, -0.15) is 5.10 Å². The number of carbonyl (C=O) groups is 2. The molecule has 4 aromatic rings. The van der Waals surface area contributed by atoms with Crippen LogP contribution in [0.3, 0.4) is 0 Å². The fourth-order valence-corrected chi connectivity index (χ4v) is 4.40. The second-order valence-corrected chi connectivity index (χ2v) is 9.76. The second-order valence-electron chi connectivity index (χ2n) is 9.76. The van der Waals surface area contributed by atoms with Crippen LogP contribution in [0.2, 0.25) is 0 Å². The van der Waals surface area contributed by atoms with Gasteiger partial charge in [0.15, 0.2) is 0 Å². The highest BCUT2D eigenvalue weighted by Crippen LogP contribution is 2.24. The van der Waals surface area contributed by atoms with E-state index in [4.69, 9.17) is 9.72 Å². The van der Waals surface area contributed by atoms with E-state index in [2.05, 4.69) is 15.7 Å². The molecule has 1 aliphatic rings. The van der Waals surface area contributed by atoms with Crippen molar-refractivity contribution in [3.8, 4) is 16.8 Å². The van der Waals surface area contributed by atoms with Crippen LogP contribution < -0.4 is 10.6 Å². The summed E-state index contributed by atoms with van der Waals surface area (Å²) in [5.41, 5.74) is 4.00. The maximum absolute atomic E-state index is 13.3. The Morgan fingerprint density at radius 3 is 2.67 bits per heavy atom. The largest absolute Gasteiger partial charge is 0.357 e. The number of benzene rings is 2. The van der Waals surface area contributed by atoms with E-state index in [-0.39, 0.29) is 18.0 Å². The molecule has 39 heavy (non-hydrogen) atoms. The summed E-state index contributed by atoms with van der Waals surface area (Å²) in [6.07, 6.45) is 9.38. The Morgan fingerprint density at radius 1 is 1.08 bits per heavy atom. The molecule has 0 radical (unpaired) electrons. The number of hydrogen-bond acceptors (Lipinski definition) is 5. The summed E-state index contributed by atoms with van der Waals surface area (Å²) in [7, 11) is 0. The van der Waals surface area contributed by atoms with E-state index in [1.807, 2.05) is 79.3 Å². The van der Waals surface area contributed by atoms with Crippen LogP contribution in [0, 0.1) is 0 Å². The van der Waals surface area contributed by atoms with Crippen molar-refractivity contribution in [3.63, 3.8) is 0 Å². The van der Waals surface area contributed by atoms with Crippen molar-refractivity contribution in [1.29, 1.82) is 0 Å².